The first-order valence-electron chi connectivity index (χ1n) is 5.35. The molecule has 0 atom stereocenters. The number of carbonyl (C=O) groups is 1. The molecule has 4 heteroatoms. The Morgan fingerprint density at radius 2 is 2.00 bits per heavy atom. The first-order chi connectivity index (χ1) is 8.02. The van der Waals surface area contributed by atoms with Crippen molar-refractivity contribution in [3.63, 3.8) is 0 Å². The Kier molecular flexibility index (Phi) is 2.71. The summed E-state index contributed by atoms with van der Waals surface area (Å²) in [4.78, 5) is 11.1. The SMILES string of the molecule is Cc1cc(C(=O)O)c(C)c(C)c1-c1cn[nH]c1. The second-order valence-corrected chi connectivity index (χ2v) is 4.16. The van der Waals surface area contributed by atoms with Gasteiger partial charge in [-0.25, -0.2) is 4.79 Å². The molecule has 0 radical (unpaired) electrons. The van der Waals surface area contributed by atoms with Gasteiger partial charge < -0.3 is 5.11 Å². The molecule has 0 fully saturated rings. The molecule has 1 heterocycles. The van der Waals surface area contributed by atoms with E-state index in [2.05, 4.69) is 10.2 Å². The molecule has 88 valence electrons. The van der Waals surface area contributed by atoms with Gasteiger partial charge in [-0.3, -0.25) is 5.10 Å². The molecule has 1 aromatic heterocycles. The molecule has 2 rings (SSSR count). The highest BCUT2D eigenvalue weighted by atomic mass is 16.4. The van der Waals surface area contributed by atoms with Gasteiger partial charge in [-0.2, -0.15) is 5.10 Å². The van der Waals surface area contributed by atoms with Crippen molar-refractivity contribution in [2.75, 3.05) is 0 Å². The van der Waals surface area contributed by atoms with E-state index in [-0.39, 0.29) is 0 Å². The van der Waals surface area contributed by atoms with Crippen LogP contribution in [0.2, 0.25) is 0 Å². The van der Waals surface area contributed by atoms with Gasteiger partial charge in [0.2, 0.25) is 0 Å². The van der Waals surface area contributed by atoms with Crippen LogP contribution in [-0.4, -0.2) is 21.3 Å². The van der Waals surface area contributed by atoms with Crippen LogP contribution in [0.5, 0.6) is 0 Å². The minimum atomic E-state index is -0.882. The van der Waals surface area contributed by atoms with E-state index in [4.69, 9.17) is 5.11 Å². The lowest BCUT2D eigenvalue weighted by molar-refractivity contribution is 0.0696. The van der Waals surface area contributed by atoms with Crippen LogP contribution in [-0.2, 0) is 0 Å². The highest BCUT2D eigenvalue weighted by Crippen LogP contribution is 2.30. The Labute approximate surface area is 99.3 Å². The zero-order chi connectivity index (χ0) is 12.6. The predicted octanol–water partition coefficient (Wildman–Crippen LogP) is 2.70. The van der Waals surface area contributed by atoms with Crippen molar-refractivity contribution < 1.29 is 9.90 Å². The molecule has 4 nitrogen and oxygen atoms in total. The van der Waals surface area contributed by atoms with Crippen LogP contribution in [0, 0.1) is 20.8 Å². The van der Waals surface area contributed by atoms with Gasteiger partial charge in [0.25, 0.3) is 0 Å². The van der Waals surface area contributed by atoms with E-state index < -0.39 is 5.97 Å². The van der Waals surface area contributed by atoms with Crippen molar-refractivity contribution in [1.29, 1.82) is 0 Å². The smallest absolute Gasteiger partial charge is 0.335 e. The van der Waals surface area contributed by atoms with Gasteiger partial charge in [-0.15, -0.1) is 0 Å². The number of aromatic nitrogens is 2. The normalized spacial score (nSPS) is 10.5. The minimum Gasteiger partial charge on any atom is -0.478 e. The summed E-state index contributed by atoms with van der Waals surface area (Å²) in [6, 6.07) is 1.72. The molecule has 0 bridgehead atoms. The quantitative estimate of drug-likeness (QED) is 0.833. The average molecular weight is 230 g/mol. The summed E-state index contributed by atoms with van der Waals surface area (Å²) in [5.74, 6) is -0.882. The third-order valence-corrected chi connectivity index (χ3v) is 3.11. The summed E-state index contributed by atoms with van der Waals surface area (Å²) >= 11 is 0. The van der Waals surface area contributed by atoms with E-state index in [9.17, 15) is 4.79 Å². The van der Waals surface area contributed by atoms with Gasteiger partial charge in [-0.1, -0.05) is 0 Å². The monoisotopic (exact) mass is 230 g/mol. The molecule has 2 N–H and O–H groups in total. The van der Waals surface area contributed by atoms with Crippen LogP contribution in [0.15, 0.2) is 18.5 Å². The number of carboxylic acids is 1. The maximum Gasteiger partial charge on any atom is 0.335 e. The van der Waals surface area contributed by atoms with Crippen LogP contribution in [0.4, 0.5) is 0 Å². The predicted molar refractivity (Wildman–Crippen MR) is 65.2 cm³/mol. The van der Waals surface area contributed by atoms with E-state index in [1.165, 1.54) is 0 Å². The maximum atomic E-state index is 11.1. The fourth-order valence-corrected chi connectivity index (χ4v) is 2.14. The number of aryl methyl sites for hydroxylation is 1. The Balaban J connectivity index is 2.72. The number of aromatic amines is 1. The van der Waals surface area contributed by atoms with E-state index in [1.807, 2.05) is 27.0 Å². The number of nitrogens with one attached hydrogen (secondary N) is 1. The number of H-pyrrole nitrogens is 1. The lowest BCUT2D eigenvalue weighted by Crippen LogP contribution is -2.04. The zero-order valence-corrected chi connectivity index (χ0v) is 10.0. The number of aromatic carboxylic acids is 1. The third kappa shape index (κ3) is 1.82. The van der Waals surface area contributed by atoms with Gasteiger partial charge in [-0.05, 0) is 49.1 Å². The van der Waals surface area contributed by atoms with E-state index >= 15 is 0 Å². The molecule has 0 aliphatic carbocycles. The van der Waals surface area contributed by atoms with Crippen molar-refractivity contribution in [2.45, 2.75) is 20.8 Å². The third-order valence-electron chi connectivity index (χ3n) is 3.11. The molecule has 1 aromatic carbocycles. The number of hydrogen-bond acceptors (Lipinski definition) is 2. The minimum absolute atomic E-state index is 0.368. The summed E-state index contributed by atoms with van der Waals surface area (Å²) in [5.41, 5.74) is 5.16. The largest absolute Gasteiger partial charge is 0.478 e. The van der Waals surface area contributed by atoms with Crippen LogP contribution < -0.4 is 0 Å². The Morgan fingerprint density at radius 1 is 1.29 bits per heavy atom. The van der Waals surface area contributed by atoms with Crippen LogP contribution in [0.25, 0.3) is 11.1 Å². The highest BCUT2D eigenvalue weighted by Gasteiger charge is 2.15. The van der Waals surface area contributed by atoms with E-state index in [0.717, 1.165) is 27.8 Å². The molecular formula is C13H14N2O2. The fraction of sp³-hybridized carbons (Fsp3) is 0.231. The van der Waals surface area contributed by atoms with Crippen LogP contribution >= 0.6 is 0 Å². The maximum absolute atomic E-state index is 11.1. The highest BCUT2D eigenvalue weighted by molar-refractivity contribution is 5.92. The molecule has 0 saturated heterocycles. The summed E-state index contributed by atoms with van der Waals surface area (Å²) in [6.45, 7) is 5.69. The Morgan fingerprint density at radius 3 is 2.53 bits per heavy atom. The summed E-state index contributed by atoms with van der Waals surface area (Å²) < 4.78 is 0. The second-order valence-electron chi connectivity index (χ2n) is 4.16. The molecular weight excluding hydrogens is 216 g/mol. The van der Waals surface area contributed by atoms with Gasteiger partial charge in [0.1, 0.15) is 0 Å². The molecule has 0 spiro atoms. The van der Waals surface area contributed by atoms with E-state index in [1.54, 1.807) is 12.3 Å². The molecule has 0 aliphatic rings. The van der Waals surface area contributed by atoms with Crippen molar-refractivity contribution in [3.8, 4) is 11.1 Å². The number of nitrogens with zero attached hydrogens (tertiary/aromatic N) is 1. The lowest BCUT2D eigenvalue weighted by Gasteiger charge is -2.13. The van der Waals surface area contributed by atoms with Crippen molar-refractivity contribution in [2.24, 2.45) is 0 Å². The summed E-state index contributed by atoms with van der Waals surface area (Å²) in [5, 5.41) is 15.8. The molecule has 0 saturated carbocycles. The number of hydrogen-bond donors (Lipinski definition) is 2. The van der Waals surface area contributed by atoms with Gasteiger partial charge in [0.15, 0.2) is 0 Å². The first kappa shape index (κ1) is 11.4. The van der Waals surface area contributed by atoms with E-state index in [0.29, 0.717) is 5.56 Å². The van der Waals surface area contributed by atoms with Gasteiger partial charge >= 0.3 is 5.97 Å². The van der Waals surface area contributed by atoms with Crippen molar-refractivity contribution >= 4 is 5.97 Å². The molecule has 2 aromatic rings. The molecule has 17 heavy (non-hydrogen) atoms. The van der Waals surface area contributed by atoms with Gasteiger partial charge in [0, 0.05) is 11.8 Å². The van der Waals surface area contributed by atoms with Crippen LogP contribution in [0.3, 0.4) is 0 Å². The standard InChI is InChI=1S/C13H14N2O2/c1-7-4-11(13(16)17)8(2)9(3)12(7)10-5-14-15-6-10/h4-6H,1-3H3,(H,14,15)(H,16,17). The van der Waals surface area contributed by atoms with Crippen molar-refractivity contribution in [3.05, 3.63) is 40.7 Å². The zero-order valence-electron chi connectivity index (χ0n) is 10.0. The topological polar surface area (TPSA) is 66.0 Å². The lowest BCUT2D eigenvalue weighted by atomic mass is 9.91. The summed E-state index contributed by atoms with van der Waals surface area (Å²) in [6.07, 6.45) is 3.56. The summed E-state index contributed by atoms with van der Waals surface area (Å²) in [7, 11) is 0. The average Bonchev–Trinajstić information content (AvgIpc) is 2.76. The molecule has 0 unspecified atom stereocenters. The second kappa shape index (κ2) is 4.05. The first-order valence-corrected chi connectivity index (χ1v) is 5.35. The van der Waals surface area contributed by atoms with Crippen molar-refractivity contribution in [1.82, 2.24) is 10.2 Å². The molecule has 0 amide bonds. The number of benzene rings is 1. The van der Waals surface area contributed by atoms with Gasteiger partial charge in [0.05, 0.1) is 11.8 Å². The molecule has 0 aliphatic heterocycles. The Bertz CT molecular complexity index is 572. The Hall–Kier alpha value is -2.10. The number of carboxylic acid groups (broad SMARTS) is 1. The number of rotatable bonds is 2. The van der Waals surface area contributed by atoms with Crippen LogP contribution in [0.1, 0.15) is 27.0 Å². The fourth-order valence-electron chi connectivity index (χ4n) is 2.14.